The fraction of sp³-hybridized carbons (Fsp3) is 0.389. The number of ether oxygens (including phenoxy) is 1. The highest BCUT2D eigenvalue weighted by Gasteiger charge is 2.20. The highest BCUT2D eigenvalue weighted by atomic mass is 19.3. The maximum absolute atomic E-state index is 12.9. The van der Waals surface area contributed by atoms with Crippen molar-refractivity contribution in [3.8, 4) is 5.75 Å². The van der Waals surface area contributed by atoms with Crippen LogP contribution in [-0.2, 0) is 11.2 Å². The topological polar surface area (TPSA) is 93.5 Å². The number of aromatic nitrogens is 2. The van der Waals surface area contributed by atoms with Crippen LogP contribution >= 0.6 is 0 Å². The summed E-state index contributed by atoms with van der Waals surface area (Å²) in [4.78, 5) is 23.6. The van der Waals surface area contributed by atoms with Crippen molar-refractivity contribution in [3.05, 3.63) is 40.7 Å². The van der Waals surface area contributed by atoms with Crippen LogP contribution in [0.2, 0.25) is 0 Å². The van der Waals surface area contributed by atoms with Crippen LogP contribution in [0.5, 0.6) is 5.75 Å². The van der Waals surface area contributed by atoms with Crippen molar-refractivity contribution >= 4 is 17.6 Å². The molecule has 0 aliphatic heterocycles. The lowest BCUT2D eigenvalue weighted by atomic mass is 10.1. The molecule has 2 rings (SSSR count). The van der Waals surface area contributed by atoms with Gasteiger partial charge in [-0.15, -0.1) is 0 Å². The number of aromatic carboxylic acids is 1. The molecular weight excluding hydrogens is 360 g/mol. The van der Waals surface area contributed by atoms with Crippen molar-refractivity contribution in [2.45, 2.75) is 46.8 Å². The van der Waals surface area contributed by atoms with Crippen molar-refractivity contribution in [2.24, 2.45) is 0 Å². The molecular formula is C18H21F2N3O4. The zero-order valence-electron chi connectivity index (χ0n) is 15.4. The number of benzene rings is 1. The molecule has 0 saturated heterocycles. The van der Waals surface area contributed by atoms with Gasteiger partial charge in [0.15, 0.2) is 0 Å². The lowest BCUT2D eigenvalue weighted by Crippen LogP contribution is -2.17. The van der Waals surface area contributed by atoms with Gasteiger partial charge in [0.2, 0.25) is 5.91 Å². The number of anilines is 1. The van der Waals surface area contributed by atoms with E-state index < -0.39 is 18.4 Å². The Bertz CT molecular complexity index is 863. The zero-order chi connectivity index (χ0) is 20.3. The molecule has 146 valence electrons. The first-order valence-corrected chi connectivity index (χ1v) is 8.26. The summed E-state index contributed by atoms with van der Waals surface area (Å²) < 4.78 is 32.0. The van der Waals surface area contributed by atoms with Gasteiger partial charge in [-0.25, -0.2) is 9.48 Å². The lowest BCUT2D eigenvalue weighted by Gasteiger charge is -2.15. The number of aryl methyl sites for hydroxylation is 1. The molecule has 0 bridgehead atoms. The minimum absolute atomic E-state index is 0.0145. The molecule has 0 aliphatic rings. The molecule has 0 aliphatic carbocycles. The summed E-state index contributed by atoms with van der Waals surface area (Å²) >= 11 is 0. The van der Waals surface area contributed by atoms with Crippen LogP contribution in [0.1, 0.15) is 47.7 Å². The van der Waals surface area contributed by atoms with Gasteiger partial charge in [-0.2, -0.15) is 13.9 Å². The third-order valence-electron chi connectivity index (χ3n) is 3.86. The fourth-order valence-electron chi connectivity index (χ4n) is 2.62. The number of amides is 1. The van der Waals surface area contributed by atoms with E-state index in [4.69, 9.17) is 9.84 Å². The van der Waals surface area contributed by atoms with Crippen LogP contribution in [0.3, 0.4) is 0 Å². The average Bonchev–Trinajstić information content (AvgIpc) is 2.84. The van der Waals surface area contributed by atoms with Crippen LogP contribution in [0, 0.1) is 13.8 Å². The summed E-state index contributed by atoms with van der Waals surface area (Å²) in [7, 11) is 0. The predicted octanol–water partition coefficient (Wildman–Crippen LogP) is 3.56. The monoisotopic (exact) mass is 381 g/mol. The number of rotatable bonds is 7. The SMILES string of the molecule is Cc1nn(C(F)F)c(C)c1CC(=O)Nc1cc(C(=O)O)ccc1OC(C)C. The number of carbonyl (C=O) groups is 2. The molecule has 0 spiro atoms. The van der Waals surface area contributed by atoms with E-state index in [0.29, 0.717) is 21.7 Å². The molecule has 0 atom stereocenters. The molecule has 0 radical (unpaired) electrons. The second kappa shape index (κ2) is 8.15. The Hall–Kier alpha value is -2.97. The molecule has 1 amide bonds. The van der Waals surface area contributed by atoms with Crippen LogP contribution < -0.4 is 10.1 Å². The van der Waals surface area contributed by atoms with E-state index in [1.54, 1.807) is 20.8 Å². The summed E-state index contributed by atoms with van der Waals surface area (Å²) in [6.07, 6.45) is -0.368. The Labute approximate surface area is 154 Å². The van der Waals surface area contributed by atoms with E-state index >= 15 is 0 Å². The molecule has 2 aromatic rings. The summed E-state index contributed by atoms with van der Waals surface area (Å²) in [5.41, 5.74) is 1.12. The number of hydrogen-bond donors (Lipinski definition) is 2. The first-order valence-electron chi connectivity index (χ1n) is 8.26. The van der Waals surface area contributed by atoms with Crippen LogP contribution in [-0.4, -0.2) is 32.9 Å². The highest BCUT2D eigenvalue weighted by molar-refractivity contribution is 5.96. The van der Waals surface area contributed by atoms with Gasteiger partial charge in [0.1, 0.15) is 5.75 Å². The number of carboxylic acids is 1. The van der Waals surface area contributed by atoms with Gasteiger partial charge >= 0.3 is 12.5 Å². The predicted molar refractivity (Wildman–Crippen MR) is 94.5 cm³/mol. The van der Waals surface area contributed by atoms with E-state index in [9.17, 15) is 18.4 Å². The maximum Gasteiger partial charge on any atom is 0.335 e. The average molecular weight is 381 g/mol. The van der Waals surface area contributed by atoms with E-state index in [1.165, 1.54) is 25.1 Å². The molecule has 27 heavy (non-hydrogen) atoms. The van der Waals surface area contributed by atoms with Crippen molar-refractivity contribution in [1.82, 2.24) is 9.78 Å². The van der Waals surface area contributed by atoms with E-state index in [2.05, 4.69) is 10.4 Å². The van der Waals surface area contributed by atoms with Gasteiger partial charge in [0.05, 0.1) is 29.5 Å². The van der Waals surface area contributed by atoms with E-state index in [0.717, 1.165) is 0 Å². The van der Waals surface area contributed by atoms with Crippen LogP contribution in [0.25, 0.3) is 0 Å². The fourth-order valence-corrected chi connectivity index (χ4v) is 2.62. The van der Waals surface area contributed by atoms with Gasteiger partial charge in [0, 0.05) is 11.3 Å². The number of halogens is 2. The van der Waals surface area contributed by atoms with E-state index in [-0.39, 0.29) is 29.5 Å². The second-order valence-corrected chi connectivity index (χ2v) is 6.28. The molecule has 9 heteroatoms. The van der Waals surface area contributed by atoms with Crippen molar-refractivity contribution in [3.63, 3.8) is 0 Å². The molecule has 2 N–H and O–H groups in total. The second-order valence-electron chi connectivity index (χ2n) is 6.28. The minimum Gasteiger partial charge on any atom is -0.489 e. The first-order chi connectivity index (χ1) is 12.6. The van der Waals surface area contributed by atoms with E-state index in [1.807, 2.05) is 0 Å². The Kier molecular flexibility index (Phi) is 6.14. The lowest BCUT2D eigenvalue weighted by molar-refractivity contribution is -0.115. The van der Waals surface area contributed by atoms with Gasteiger partial charge in [-0.1, -0.05) is 0 Å². The van der Waals surface area contributed by atoms with Crippen LogP contribution in [0.15, 0.2) is 18.2 Å². The summed E-state index contributed by atoms with van der Waals surface area (Å²) in [6, 6.07) is 4.13. The Balaban J connectivity index is 2.27. The largest absolute Gasteiger partial charge is 0.489 e. The third-order valence-corrected chi connectivity index (χ3v) is 3.86. The maximum atomic E-state index is 12.9. The smallest absolute Gasteiger partial charge is 0.335 e. The first kappa shape index (κ1) is 20.3. The molecule has 1 heterocycles. The van der Waals surface area contributed by atoms with Gasteiger partial charge in [-0.05, 0) is 45.9 Å². The zero-order valence-corrected chi connectivity index (χ0v) is 15.4. The highest BCUT2D eigenvalue weighted by Crippen LogP contribution is 2.28. The third kappa shape index (κ3) is 4.81. The summed E-state index contributed by atoms with van der Waals surface area (Å²) in [5.74, 6) is -1.32. The quantitative estimate of drug-likeness (QED) is 0.765. The Morgan fingerprint density at radius 2 is 1.96 bits per heavy atom. The summed E-state index contributed by atoms with van der Waals surface area (Å²) in [6.45, 7) is 3.81. The molecule has 0 fully saturated rings. The van der Waals surface area contributed by atoms with Gasteiger partial charge < -0.3 is 15.2 Å². The van der Waals surface area contributed by atoms with Crippen LogP contribution in [0.4, 0.5) is 14.5 Å². The van der Waals surface area contributed by atoms with Crippen molar-refractivity contribution in [1.29, 1.82) is 0 Å². The van der Waals surface area contributed by atoms with Gasteiger partial charge in [0.25, 0.3) is 0 Å². The normalized spacial score (nSPS) is 11.1. The number of carboxylic acid groups (broad SMARTS) is 1. The Morgan fingerprint density at radius 1 is 1.30 bits per heavy atom. The minimum atomic E-state index is -2.79. The molecule has 0 saturated carbocycles. The number of alkyl halides is 2. The number of nitrogens with one attached hydrogen (secondary N) is 1. The van der Waals surface area contributed by atoms with Crippen molar-refractivity contribution in [2.75, 3.05) is 5.32 Å². The molecule has 1 aromatic carbocycles. The molecule has 1 aromatic heterocycles. The molecule has 0 unspecified atom stereocenters. The molecule has 7 nitrogen and oxygen atoms in total. The van der Waals surface area contributed by atoms with Crippen molar-refractivity contribution < 1.29 is 28.2 Å². The number of nitrogens with zero attached hydrogens (tertiary/aromatic N) is 2. The van der Waals surface area contributed by atoms with Gasteiger partial charge in [-0.3, -0.25) is 4.79 Å². The number of hydrogen-bond acceptors (Lipinski definition) is 4. The summed E-state index contributed by atoms with van der Waals surface area (Å²) in [5, 5.41) is 15.5. The number of carbonyl (C=O) groups excluding carboxylic acids is 1. The Morgan fingerprint density at radius 3 is 2.48 bits per heavy atom. The standard InChI is InChI=1S/C18H21F2N3O4/c1-9(2)27-15-6-5-12(17(25)26)7-14(15)21-16(24)8-13-10(3)22-23(11(13)4)18(19)20/h5-7,9,18H,8H2,1-4H3,(H,21,24)(H,25,26).